The van der Waals surface area contributed by atoms with Crippen molar-refractivity contribution in [2.24, 2.45) is 5.92 Å². The molecule has 21 heavy (non-hydrogen) atoms. The number of aromatic nitrogens is 1. The zero-order valence-electron chi connectivity index (χ0n) is 11.5. The van der Waals surface area contributed by atoms with Crippen molar-refractivity contribution in [2.45, 2.75) is 13.3 Å². The molecule has 3 rings (SSSR count). The summed E-state index contributed by atoms with van der Waals surface area (Å²) in [5.41, 5.74) is 3.09. The van der Waals surface area contributed by atoms with Gasteiger partial charge in [-0.25, -0.2) is 9.37 Å². The Morgan fingerprint density at radius 3 is 2.71 bits per heavy atom. The van der Waals surface area contributed by atoms with Gasteiger partial charge >= 0.3 is 0 Å². The Kier molecular flexibility index (Phi) is 3.41. The summed E-state index contributed by atoms with van der Waals surface area (Å²) in [6.45, 7) is 1.84. The van der Waals surface area contributed by atoms with Crippen LogP contribution in [0.1, 0.15) is 24.8 Å². The van der Waals surface area contributed by atoms with E-state index in [4.69, 9.17) is 9.68 Å². The summed E-state index contributed by atoms with van der Waals surface area (Å²) in [4.78, 5) is 4.45. The van der Waals surface area contributed by atoms with E-state index in [9.17, 15) is 4.39 Å². The molecule has 0 radical (unpaired) electrons. The number of halogens is 1. The molecule has 1 unspecified atom stereocenters. The smallest absolute Gasteiger partial charge is 0.222 e. The second kappa shape index (κ2) is 5.37. The van der Waals surface area contributed by atoms with E-state index in [0.29, 0.717) is 23.6 Å². The summed E-state index contributed by atoms with van der Waals surface area (Å²) < 4.78 is 18.8. The molecule has 0 saturated heterocycles. The number of hydrogen-bond acceptors (Lipinski definition) is 3. The van der Waals surface area contributed by atoms with Crippen molar-refractivity contribution in [1.82, 2.24) is 4.98 Å². The van der Waals surface area contributed by atoms with Crippen LogP contribution in [0.2, 0.25) is 0 Å². The predicted octanol–water partition coefficient (Wildman–Crippen LogP) is 4.49. The summed E-state index contributed by atoms with van der Waals surface area (Å²) in [5.74, 6) is 0.262. The quantitative estimate of drug-likeness (QED) is 0.814. The van der Waals surface area contributed by atoms with Crippen molar-refractivity contribution < 1.29 is 8.81 Å². The Hall–Kier alpha value is -2.67. The van der Waals surface area contributed by atoms with Crippen molar-refractivity contribution in [3.8, 4) is 17.3 Å². The third-order valence-electron chi connectivity index (χ3n) is 3.53. The normalized spacial score (nSPS) is 17.9. The Balaban J connectivity index is 1.88. The molecule has 1 heterocycles. The Morgan fingerprint density at radius 1 is 1.29 bits per heavy atom. The van der Waals surface area contributed by atoms with Crippen LogP contribution in [0, 0.1) is 17.2 Å². The third kappa shape index (κ3) is 2.63. The summed E-state index contributed by atoms with van der Waals surface area (Å²) >= 11 is 0. The van der Waals surface area contributed by atoms with Gasteiger partial charge in [0.2, 0.25) is 5.89 Å². The Labute approximate surface area is 122 Å². The van der Waals surface area contributed by atoms with Crippen LogP contribution < -0.4 is 0 Å². The van der Waals surface area contributed by atoms with Gasteiger partial charge in [-0.1, -0.05) is 25.1 Å². The number of benzene rings is 1. The van der Waals surface area contributed by atoms with Crippen LogP contribution in [0.15, 0.2) is 52.9 Å². The molecule has 0 amide bonds. The first-order chi connectivity index (χ1) is 10.2. The number of hydrogen-bond donors (Lipinski definition) is 0. The maximum atomic E-state index is 13.3. The van der Waals surface area contributed by atoms with E-state index < -0.39 is 0 Å². The highest BCUT2D eigenvalue weighted by atomic mass is 19.1. The fourth-order valence-electron chi connectivity index (χ4n) is 2.27. The number of oxazole rings is 1. The fourth-order valence-corrected chi connectivity index (χ4v) is 2.27. The van der Waals surface area contributed by atoms with E-state index in [1.54, 1.807) is 24.5 Å². The van der Waals surface area contributed by atoms with Crippen LogP contribution in [0.3, 0.4) is 0 Å². The minimum Gasteiger partial charge on any atom is -0.444 e. The van der Waals surface area contributed by atoms with Crippen LogP contribution in [0.25, 0.3) is 16.8 Å². The predicted molar refractivity (Wildman–Crippen MR) is 77.6 cm³/mol. The van der Waals surface area contributed by atoms with Crippen molar-refractivity contribution in [3.05, 3.63) is 60.0 Å². The monoisotopic (exact) mass is 280 g/mol. The molecular weight excluding hydrogens is 267 g/mol. The van der Waals surface area contributed by atoms with Crippen LogP contribution in [0.5, 0.6) is 0 Å². The van der Waals surface area contributed by atoms with Crippen molar-refractivity contribution >= 4 is 5.57 Å². The number of allylic oxidation sites excluding steroid dienone is 4. The molecule has 104 valence electrons. The van der Waals surface area contributed by atoms with Crippen molar-refractivity contribution in [2.75, 3.05) is 0 Å². The molecule has 0 fully saturated rings. The highest BCUT2D eigenvalue weighted by Gasteiger charge is 2.19. The third-order valence-corrected chi connectivity index (χ3v) is 3.53. The van der Waals surface area contributed by atoms with E-state index in [1.165, 1.54) is 6.08 Å². The first kappa shape index (κ1) is 13.3. The standard InChI is InChI=1S/C17H13FN2O/c1-11-8-14(6-7-15(11)18)17-20-16(10-21-17)13-4-2-12(9-19)3-5-13/h2-7,10-11H,8H2,1H3. The minimum absolute atomic E-state index is 0.113. The largest absolute Gasteiger partial charge is 0.444 e. The first-order valence-electron chi connectivity index (χ1n) is 6.70. The number of nitrogens with zero attached hydrogens (tertiary/aromatic N) is 2. The van der Waals surface area contributed by atoms with E-state index in [0.717, 1.165) is 11.1 Å². The molecular formula is C17H13FN2O. The molecule has 0 bridgehead atoms. The molecule has 1 aromatic carbocycles. The highest BCUT2D eigenvalue weighted by Crippen LogP contribution is 2.32. The summed E-state index contributed by atoms with van der Waals surface area (Å²) in [5, 5.41) is 8.79. The van der Waals surface area contributed by atoms with Crippen LogP contribution >= 0.6 is 0 Å². The van der Waals surface area contributed by atoms with Gasteiger partial charge in [-0.05, 0) is 24.6 Å². The van der Waals surface area contributed by atoms with Gasteiger partial charge in [-0.15, -0.1) is 0 Å². The van der Waals surface area contributed by atoms with Gasteiger partial charge < -0.3 is 4.42 Å². The molecule has 2 aromatic rings. The minimum atomic E-state index is -0.143. The summed E-state index contributed by atoms with van der Waals surface area (Å²) in [7, 11) is 0. The van der Waals surface area contributed by atoms with E-state index in [1.807, 2.05) is 19.1 Å². The molecule has 3 nitrogen and oxygen atoms in total. The molecule has 1 aliphatic rings. The molecule has 0 aliphatic heterocycles. The Morgan fingerprint density at radius 2 is 2.05 bits per heavy atom. The fraction of sp³-hybridized carbons (Fsp3) is 0.176. The van der Waals surface area contributed by atoms with Gasteiger partial charge in [0.05, 0.1) is 11.6 Å². The maximum absolute atomic E-state index is 13.3. The lowest BCUT2D eigenvalue weighted by Crippen LogP contribution is -2.01. The van der Waals surface area contributed by atoms with E-state index in [2.05, 4.69) is 11.1 Å². The SMILES string of the molecule is CC1CC(c2nc(-c3ccc(C#N)cc3)co2)=CC=C1F. The van der Waals surface area contributed by atoms with E-state index >= 15 is 0 Å². The van der Waals surface area contributed by atoms with Gasteiger partial charge in [-0.2, -0.15) is 5.26 Å². The molecule has 4 heteroatoms. The lowest BCUT2D eigenvalue weighted by atomic mass is 9.95. The molecule has 0 N–H and O–H groups in total. The van der Waals surface area contributed by atoms with Gasteiger partial charge in [0, 0.05) is 17.1 Å². The van der Waals surface area contributed by atoms with Gasteiger partial charge in [0.15, 0.2) is 0 Å². The molecule has 1 atom stereocenters. The second-order valence-electron chi connectivity index (χ2n) is 5.08. The molecule has 1 aromatic heterocycles. The average Bonchev–Trinajstić information content (AvgIpc) is 3.00. The number of nitriles is 1. The van der Waals surface area contributed by atoms with Crippen LogP contribution in [0.4, 0.5) is 4.39 Å². The van der Waals surface area contributed by atoms with Crippen molar-refractivity contribution in [3.63, 3.8) is 0 Å². The second-order valence-corrected chi connectivity index (χ2v) is 5.08. The van der Waals surface area contributed by atoms with E-state index in [-0.39, 0.29) is 11.7 Å². The summed E-state index contributed by atoms with van der Waals surface area (Å²) in [6, 6.07) is 9.22. The lowest BCUT2D eigenvalue weighted by molar-refractivity contribution is 0.484. The average molecular weight is 280 g/mol. The molecule has 0 saturated carbocycles. The van der Waals surface area contributed by atoms with Gasteiger partial charge in [0.1, 0.15) is 17.8 Å². The maximum Gasteiger partial charge on any atom is 0.222 e. The topological polar surface area (TPSA) is 49.8 Å². The van der Waals surface area contributed by atoms with Gasteiger partial charge in [-0.3, -0.25) is 0 Å². The van der Waals surface area contributed by atoms with Crippen LogP contribution in [-0.2, 0) is 0 Å². The molecule has 1 aliphatic carbocycles. The highest BCUT2D eigenvalue weighted by molar-refractivity contribution is 5.66. The summed E-state index contributed by atoms with van der Waals surface area (Å²) in [6.07, 6.45) is 5.34. The molecule has 0 spiro atoms. The van der Waals surface area contributed by atoms with Crippen LogP contribution in [-0.4, -0.2) is 4.98 Å². The van der Waals surface area contributed by atoms with Crippen molar-refractivity contribution in [1.29, 1.82) is 5.26 Å². The zero-order chi connectivity index (χ0) is 14.8. The first-order valence-corrected chi connectivity index (χ1v) is 6.70. The Bertz CT molecular complexity index is 763. The zero-order valence-corrected chi connectivity index (χ0v) is 11.5. The lowest BCUT2D eigenvalue weighted by Gasteiger charge is -2.13. The van der Waals surface area contributed by atoms with Gasteiger partial charge in [0.25, 0.3) is 0 Å². The number of rotatable bonds is 2.